The molecule has 2 nitrogen and oxygen atoms in total. The standard InChI is InChI=1S/C12H22F3NO/c1-11(2)6-4-3-5-10(11)16-7-8-17-9-12(13,14)15/h10,16H,3-9H2,1-2H3. The van der Waals surface area contributed by atoms with E-state index in [1.807, 2.05) is 0 Å². The lowest BCUT2D eigenvalue weighted by molar-refractivity contribution is -0.173. The molecule has 0 radical (unpaired) electrons. The molecule has 17 heavy (non-hydrogen) atoms. The van der Waals surface area contributed by atoms with Crippen LogP contribution in [0.25, 0.3) is 0 Å². The minimum absolute atomic E-state index is 0.117. The predicted molar refractivity (Wildman–Crippen MR) is 60.9 cm³/mol. The zero-order valence-corrected chi connectivity index (χ0v) is 10.6. The molecule has 0 aromatic carbocycles. The van der Waals surface area contributed by atoms with E-state index in [0.717, 1.165) is 6.42 Å². The first kappa shape index (κ1) is 14.8. The van der Waals surface area contributed by atoms with Crippen LogP contribution in [0.2, 0.25) is 0 Å². The van der Waals surface area contributed by atoms with Crippen molar-refractivity contribution in [2.45, 2.75) is 51.7 Å². The lowest BCUT2D eigenvalue weighted by atomic mass is 9.73. The van der Waals surface area contributed by atoms with Crippen molar-refractivity contribution in [3.05, 3.63) is 0 Å². The van der Waals surface area contributed by atoms with Crippen LogP contribution in [-0.2, 0) is 4.74 Å². The van der Waals surface area contributed by atoms with Crippen LogP contribution in [0.3, 0.4) is 0 Å². The van der Waals surface area contributed by atoms with Crippen molar-refractivity contribution in [2.75, 3.05) is 19.8 Å². The second-order valence-electron chi connectivity index (χ2n) is 5.41. The van der Waals surface area contributed by atoms with Crippen LogP contribution in [-0.4, -0.2) is 32.0 Å². The summed E-state index contributed by atoms with van der Waals surface area (Å²) in [6.45, 7) is 3.87. The fraction of sp³-hybridized carbons (Fsp3) is 1.00. The van der Waals surface area contributed by atoms with Crippen molar-refractivity contribution < 1.29 is 17.9 Å². The van der Waals surface area contributed by atoms with Gasteiger partial charge < -0.3 is 10.1 Å². The van der Waals surface area contributed by atoms with Crippen molar-refractivity contribution in [1.29, 1.82) is 0 Å². The smallest absolute Gasteiger partial charge is 0.371 e. The van der Waals surface area contributed by atoms with Crippen LogP contribution < -0.4 is 5.32 Å². The molecule has 102 valence electrons. The van der Waals surface area contributed by atoms with Crippen molar-refractivity contribution in [1.82, 2.24) is 5.32 Å². The largest absolute Gasteiger partial charge is 0.411 e. The average Bonchev–Trinajstić information content (AvgIpc) is 2.17. The van der Waals surface area contributed by atoms with E-state index in [9.17, 15) is 13.2 Å². The topological polar surface area (TPSA) is 21.3 Å². The molecule has 5 heteroatoms. The predicted octanol–water partition coefficient (Wildman–Crippen LogP) is 3.12. The molecule has 0 aromatic heterocycles. The normalized spacial score (nSPS) is 24.9. The number of alkyl halides is 3. The number of nitrogens with one attached hydrogen (secondary N) is 1. The van der Waals surface area contributed by atoms with E-state index in [-0.39, 0.29) is 12.0 Å². The quantitative estimate of drug-likeness (QED) is 0.760. The summed E-state index contributed by atoms with van der Waals surface area (Å²) in [6, 6.07) is 0.394. The molecule has 1 aliphatic rings. The average molecular weight is 253 g/mol. The van der Waals surface area contributed by atoms with Gasteiger partial charge in [0.05, 0.1) is 6.61 Å². The van der Waals surface area contributed by atoms with Gasteiger partial charge in [-0.05, 0) is 18.3 Å². The molecule has 1 unspecified atom stereocenters. The SMILES string of the molecule is CC1(C)CCCCC1NCCOCC(F)(F)F. The van der Waals surface area contributed by atoms with Crippen LogP contribution in [0.15, 0.2) is 0 Å². The molecule has 1 atom stereocenters. The van der Waals surface area contributed by atoms with Gasteiger partial charge in [0.2, 0.25) is 0 Å². The highest BCUT2D eigenvalue weighted by molar-refractivity contribution is 4.87. The van der Waals surface area contributed by atoms with Crippen LogP contribution in [0.1, 0.15) is 39.5 Å². The van der Waals surface area contributed by atoms with E-state index in [1.54, 1.807) is 0 Å². The second kappa shape index (κ2) is 6.05. The van der Waals surface area contributed by atoms with Gasteiger partial charge in [-0.15, -0.1) is 0 Å². The summed E-state index contributed by atoms with van der Waals surface area (Å²) in [5.41, 5.74) is 0.238. The first-order chi connectivity index (χ1) is 7.81. The Bertz CT molecular complexity index is 228. The van der Waals surface area contributed by atoms with Gasteiger partial charge in [0.15, 0.2) is 0 Å². The molecule has 0 aliphatic heterocycles. The Balaban J connectivity index is 2.13. The summed E-state index contributed by atoms with van der Waals surface area (Å²) in [4.78, 5) is 0. The summed E-state index contributed by atoms with van der Waals surface area (Å²) >= 11 is 0. The highest BCUT2D eigenvalue weighted by Crippen LogP contribution is 2.35. The van der Waals surface area contributed by atoms with E-state index in [2.05, 4.69) is 23.9 Å². The zero-order chi connectivity index (χ0) is 12.9. The Morgan fingerprint density at radius 3 is 2.59 bits per heavy atom. The van der Waals surface area contributed by atoms with Gasteiger partial charge in [0, 0.05) is 12.6 Å². The Hall–Kier alpha value is -0.290. The molecule has 1 rings (SSSR count). The van der Waals surface area contributed by atoms with Crippen LogP contribution in [0.5, 0.6) is 0 Å². The fourth-order valence-corrected chi connectivity index (χ4v) is 2.37. The van der Waals surface area contributed by atoms with Crippen LogP contribution >= 0.6 is 0 Å². The number of halogens is 3. The molecule has 1 N–H and O–H groups in total. The molecular formula is C12H22F3NO. The lowest BCUT2D eigenvalue weighted by Gasteiger charge is -2.39. The third kappa shape index (κ3) is 5.73. The van der Waals surface area contributed by atoms with Gasteiger partial charge in [-0.2, -0.15) is 13.2 Å². The van der Waals surface area contributed by atoms with E-state index < -0.39 is 12.8 Å². The molecule has 0 saturated heterocycles. The first-order valence-electron chi connectivity index (χ1n) is 6.19. The third-order valence-electron chi connectivity index (χ3n) is 3.41. The van der Waals surface area contributed by atoms with Crippen LogP contribution in [0.4, 0.5) is 13.2 Å². The van der Waals surface area contributed by atoms with Crippen molar-refractivity contribution in [3.63, 3.8) is 0 Å². The summed E-state index contributed by atoms with van der Waals surface area (Å²) < 4.78 is 40.0. The van der Waals surface area contributed by atoms with Gasteiger partial charge in [0.25, 0.3) is 0 Å². The molecular weight excluding hydrogens is 231 g/mol. The molecule has 1 aliphatic carbocycles. The summed E-state index contributed by atoms with van der Waals surface area (Å²) in [6.07, 6.45) is 0.505. The Labute approximate surface area is 101 Å². The van der Waals surface area contributed by atoms with E-state index in [0.29, 0.717) is 12.6 Å². The number of ether oxygens (including phenoxy) is 1. The third-order valence-corrected chi connectivity index (χ3v) is 3.41. The highest BCUT2D eigenvalue weighted by Gasteiger charge is 2.31. The maximum Gasteiger partial charge on any atom is 0.411 e. The minimum atomic E-state index is -4.22. The number of hydrogen-bond acceptors (Lipinski definition) is 2. The second-order valence-corrected chi connectivity index (χ2v) is 5.41. The van der Waals surface area contributed by atoms with Gasteiger partial charge in [0.1, 0.15) is 6.61 Å². The molecule has 1 saturated carbocycles. The van der Waals surface area contributed by atoms with Gasteiger partial charge in [-0.3, -0.25) is 0 Å². The summed E-state index contributed by atoms with van der Waals surface area (Å²) in [5.74, 6) is 0. The molecule has 0 aromatic rings. The van der Waals surface area contributed by atoms with E-state index in [1.165, 1.54) is 19.3 Å². The van der Waals surface area contributed by atoms with Gasteiger partial charge in [-0.1, -0.05) is 26.7 Å². The van der Waals surface area contributed by atoms with Crippen molar-refractivity contribution in [2.24, 2.45) is 5.41 Å². The lowest BCUT2D eigenvalue weighted by Crippen LogP contribution is -2.45. The maximum atomic E-state index is 11.8. The minimum Gasteiger partial charge on any atom is -0.371 e. The van der Waals surface area contributed by atoms with Gasteiger partial charge in [-0.25, -0.2) is 0 Å². The van der Waals surface area contributed by atoms with E-state index in [4.69, 9.17) is 0 Å². The molecule has 0 bridgehead atoms. The van der Waals surface area contributed by atoms with Gasteiger partial charge >= 0.3 is 6.18 Å². The molecule has 0 amide bonds. The Morgan fingerprint density at radius 2 is 2.00 bits per heavy atom. The number of hydrogen-bond donors (Lipinski definition) is 1. The summed E-state index contributed by atoms with van der Waals surface area (Å²) in [7, 11) is 0. The molecule has 0 spiro atoms. The van der Waals surface area contributed by atoms with Crippen molar-refractivity contribution >= 4 is 0 Å². The summed E-state index contributed by atoms with van der Waals surface area (Å²) in [5, 5.41) is 3.31. The fourth-order valence-electron chi connectivity index (χ4n) is 2.37. The maximum absolute atomic E-state index is 11.8. The molecule has 0 heterocycles. The molecule has 1 fully saturated rings. The number of rotatable bonds is 5. The zero-order valence-electron chi connectivity index (χ0n) is 10.6. The first-order valence-corrected chi connectivity index (χ1v) is 6.19. The Morgan fingerprint density at radius 1 is 1.29 bits per heavy atom. The van der Waals surface area contributed by atoms with E-state index >= 15 is 0 Å². The Kier molecular flexibility index (Phi) is 5.25. The monoisotopic (exact) mass is 253 g/mol. The van der Waals surface area contributed by atoms with Crippen LogP contribution in [0, 0.1) is 5.41 Å². The van der Waals surface area contributed by atoms with Crippen molar-refractivity contribution in [3.8, 4) is 0 Å². The highest BCUT2D eigenvalue weighted by atomic mass is 19.4.